The van der Waals surface area contributed by atoms with Crippen LogP contribution in [0, 0.1) is 5.92 Å². The van der Waals surface area contributed by atoms with Crippen LogP contribution >= 0.6 is 11.3 Å². The van der Waals surface area contributed by atoms with Crippen molar-refractivity contribution in [2.45, 2.75) is 69.6 Å². The van der Waals surface area contributed by atoms with Gasteiger partial charge in [0.15, 0.2) is 12.4 Å². The molecule has 60 heavy (non-hydrogen) atoms. The third-order valence-electron chi connectivity index (χ3n) is 10.4. The average Bonchev–Trinajstić information content (AvgIpc) is 3.78. The molecule has 5 aromatic rings. The molecule has 13 heteroatoms. The largest absolute Gasteiger partial charge is 0.484 e. The SMILES string of the molecule is C[C@@H](NC(=O)[C@H]1CC(=O)[C@@H](CCc2ccccc2)NC(=O)[C@H](Cc2ccc(-c3ccccc3)cc2)NC(=O)[C@@H](Cc2cccs2)NC(=O)COc2ccc(cc2)C1)C(=O)O. The molecule has 310 valence electrons. The lowest BCUT2D eigenvalue weighted by Crippen LogP contribution is -2.57. The van der Waals surface area contributed by atoms with Gasteiger partial charge in [0.05, 0.1) is 6.04 Å². The first kappa shape index (κ1) is 43.0. The fourth-order valence-electron chi connectivity index (χ4n) is 6.99. The summed E-state index contributed by atoms with van der Waals surface area (Å²) in [6.07, 6.45) is 0.581. The number of aryl methyl sites for hydroxylation is 1. The minimum atomic E-state index is -1.23. The lowest BCUT2D eigenvalue weighted by Gasteiger charge is -2.26. The molecule has 0 saturated carbocycles. The van der Waals surface area contributed by atoms with Crippen molar-refractivity contribution >= 4 is 46.7 Å². The molecule has 4 amide bonds. The summed E-state index contributed by atoms with van der Waals surface area (Å²) in [5, 5.41) is 22.5. The van der Waals surface area contributed by atoms with Crippen LogP contribution < -0.4 is 26.0 Å². The molecular formula is C47H48N4O8S. The van der Waals surface area contributed by atoms with Crippen LogP contribution in [-0.4, -0.2) is 71.3 Å². The monoisotopic (exact) mass is 828 g/mol. The predicted molar refractivity (Wildman–Crippen MR) is 228 cm³/mol. The van der Waals surface area contributed by atoms with Gasteiger partial charge < -0.3 is 31.1 Å². The second-order valence-corrected chi connectivity index (χ2v) is 15.9. The number of aliphatic carboxylic acids is 1. The van der Waals surface area contributed by atoms with Gasteiger partial charge in [0, 0.05) is 30.1 Å². The van der Waals surface area contributed by atoms with Crippen molar-refractivity contribution < 1.29 is 38.6 Å². The summed E-state index contributed by atoms with van der Waals surface area (Å²) in [5.74, 6) is -4.71. The first-order chi connectivity index (χ1) is 29.0. The minimum Gasteiger partial charge on any atom is -0.484 e. The lowest BCUT2D eigenvalue weighted by atomic mass is 9.89. The molecule has 0 fully saturated rings. The fraction of sp³-hybridized carbons (Fsp3) is 0.277. The first-order valence-electron chi connectivity index (χ1n) is 19.9. The number of fused-ring (bicyclic) bond motifs is 16. The first-order valence-corrected chi connectivity index (χ1v) is 20.8. The van der Waals surface area contributed by atoms with Crippen LogP contribution in [0.1, 0.15) is 41.3 Å². The van der Waals surface area contributed by atoms with E-state index < -0.39 is 72.1 Å². The van der Waals surface area contributed by atoms with Gasteiger partial charge in [-0.2, -0.15) is 0 Å². The van der Waals surface area contributed by atoms with E-state index in [9.17, 15) is 33.9 Å². The Morgan fingerprint density at radius 2 is 1.35 bits per heavy atom. The summed E-state index contributed by atoms with van der Waals surface area (Å²) in [5.41, 5.74) is 4.31. The molecule has 3 heterocycles. The number of benzene rings is 4. The Morgan fingerprint density at radius 3 is 2.00 bits per heavy atom. The highest BCUT2D eigenvalue weighted by Gasteiger charge is 2.33. The third kappa shape index (κ3) is 12.5. The van der Waals surface area contributed by atoms with E-state index in [0.717, 1.165) is 27.1 Å². The molecule has 0 unspecified atom stereocenters. The van der Waals surface area contributed by atoms with Crippen LogP contribution in [0.2, 0.25) is 0 Å². The smallest absolute Gasteiger partial charge is 0.325 e. The number of carboxylic acids is 1. The van der Waals surface area contributed by atoms with Crippen LogP contribution in [0.25, 0.3) is 11.1 Å². The molecule has 0 radical (unpaired) electrons. The highest BCUT2D eigenvalue weighted by Crippen LogP contribution is 2.22. The van der Waals surface area contributed by atoms with Gasteiger partial charge in [-0.05, 0) is 77.6 Å². The molecule has 2 bridgehead atoms. The van der Waals surface area contributed by atoms with Gasteiger partial charge in [0.1, 0.15) is 23.9 Å². The molecular weight excluding hydrogens is 781 g/mol. The topological polar surface area (TPSA) is 180 Å². The van der Waals surface area contributed by atoms with E-state index in [2.05, 4.69) is 21.3 Å². The molecule has 0 aliphatic carbocycles. The number of Topliss-reactive ketones (excluding diaryl/α,β-unsaturated/α-hetero) is 1. The molecule has 5 N–H and O–H groups in total. The number of hydrogen-bond acceptors (Lipinski definition) is 8. The van der Waals surface area contributed by atoms with E-state index in [-0.39, 0.29) is 32.1 Å². The third-order valence-corrected chi connectivity index (χ3v) is 11.3. The van der Waals surface area contributed by atoms with E-state index >= 15 is 0 Å². The summed E-state index contributed by atoms with van der Waals surface area (Å²) >= 11 is 1.43. The van der Waals surface area contributed by atoms with Crippen LogP contribution in [0.3, 0.4) is 0 Å². The van der Waals surface area contributed by atoms with Crippen molar-refractivity contribution in [3.8, 4) is 16.9 Å². The second kappa shape index (κ2) is 20.9. The normalized spacial score (nSPS) is 19.6. The molecule has 2 aliphatic rings. The van der Waals surface area contributed by atoms with Crippen molar-refractivity contribution in [3.05, 3.63) is 148 Å². The number of hydrogen-bond donors (Lipinski definition) is 5. The average molecular weight is 829 g/mol. The molecule has 12 nitrogen and oxygen atoms in total. The number of ether oxygens (including phenoxy) is 1. The van der Waals surface area contributed by atoms with E-state index in [1.54, 1.807) is 24.3 Å². The molecule has 1 aromatic heterocycles. The van der Waals surface area contributed by atoms with E-state index in [1.165, 1.54) is 18.3 Å². The zero-order valence-electron chi connectivity index (χ0n) is 33.2. The molecule has 2 aliphatic heterocycles. The maximum atomic E-state index is 14.5. The molecule has 7 rings (SSSR count). The van der Waals surface area contributed by atoms with Gasteiger partial charge in [-0.25, -0.2) is 0 Å². The Kier molecular flexibility index (Phi) is 15.0. The summed E-state index contributed by atoms with van der Waals surface area (Å²) in [6, 6.07) is 32.7. The Labute approximate surface area is 352 Å². The molecule has 0 spiro atoms. The number of thiophene rings is 1. The summed E-state index contributed by atoms with van der Waals surface area (Å²) in [7, 11) is 0. The predicted octanol–water partition coefficient (Wildman–Crippen LogP) is 5.09. The zero-order valence-corrected chi connectivity index (χ0v) is 34.0. The van der Waals surface area contributed by atoms with E-state index in [4.69, 9.17) is 4.74 Å². The van der Waals surface area contributed by atoms with Crippen LogP contribution in [-0.2, 0) is 54.5 Å². The molecule has 5 atom stereocenters. The maximum absolute atomic E-state index is 14.5. The number of carboxylic acid groups (broad SMARTS) is 1. The van der Waals surface area contributed by atoms with Crippen molar-refractivity contribution in [2.24, 2.45) is 5.92 Å². The number of nitrogens with one attached hydrogen (secondary N) is 4. The van der Waals surface area contributed by atoms with E-state index in [0.29, 0.717) is 17.7 Å². The van der Waals surface area contributed by atoms with Crippen molar-refractivity contribution in [1.29, 1.82) is 0 Å². The van der Waals surface area contributed by atoms with Gasteiger partial charge >= 0.3 is 5.97 Å². The number of carbonyl (C=O) groups excluding carboxylic acids is 5. The van der Waals surface area contributed by atoms with Crippen molar-refractivity contribution in [3.63, 3.8) is 0 Å². The Bertz CT molecular complexity index is 2230. The number of ketones is 1. The summed E-state index contributed by atoms with van der Waals surface area (Å²) < 4.78 is 5.76. The molecule has 4 aromatic carbocycles. The van der Waals surface area contributed by atoms with Crippen molar-refractivity contribution in [2.75, 3.05) is 6.61 Å². The lowest BCUT2D eigenvalue weighted by molar-refractivity contribution is -0.142. The van der Waals surface area contributed by atoms with Crippen LogP contribution in [0.15, 0.2) is 127 Å². The summed E-state index contributed by atoms with van der Waals surface area (Å²) in [4.78, 5) is 82.6. The van der Waals surface area contributed by atoms with Gasteiger partial charge in [0.25, 0.3) is 5.91 Å². The van der Waals surface area contributed by atoms with Gasteiger partial charge in [-0.3, -0.25) is 28.8 Å². The number of rotatable bonds is 11. The fourth-order valence-corrected chi connectivity index (χ4v) is 7.74. The molecule has 0 saturated heterocycles. The Balaban J connectivity index is 1.35. The van der Waals surface area contributed by atoms with Gasteiger partial charge in [-0.15, -0.1) is 11.3 Å². The van der Waals surface area contributed by atoms with Crippen LogP contribution in [0.4, 0.5) is 0 Å². The van der Waals surface area contributed by atoms with Gasteiger partial charge in [0.2, 0.25) is 17.7 Å². The summed E-state index contributed by atoms with van der Waals surface area (Å²) in [6.45, 7) is 0.937. The number of amides is 4. The Hall–Kier alpha value is -6.60. The maximum Gasteiger partial charge on any atom is 0.325 e. The van der Waals surface area contributed by atoms with E-state index in [1.807, 2.05) is 102 Å². The minimum absolute atomic E-state index is 0.0567. The standard InChI is InChI=1S/C47H48N4O8S/c1-30(47(57)58)48-44(54)36-25-32-16-21-37(22-17-32)59-29-43(53)49-41(28-38-13-8-24-60-38)46(56)51-40(26-33-14-19-35(20-15-33)34-11-6-3-7-12-34)45(55)50-39(42(52)27-36)23-18-31-9-4-2-5-10-31/h2-17,19-22,24,30,36,39-41H,18,23,25-29H2,1H3,(H,48,54)(H,49,53)(H,50,55)(H,51,56)(H,57,58)/t30-,36-,39-,40+,41-/m1/s1. The zero-order chi connectivity index (χ0) is 42.4. The highest BCUT2D eigenvalue weighted by atomic mass is 32.1. The number of carbonyl (C=O) groups is 6. The van der Waals surface area contributed by atoms with Crippen molar-refractivity contribution in [1.82, 2.24) is 21.3 Å². The highest BCUT2D eigenvalue weighted by molar-refractivity contribution is 7.09. The second-order valence-electron chi connectivity index (χ2n) is 14.9. The quantitative estimate of drug-likeness (QED) is 0.114. The van der Waals surface area contributed by atoms with Crippen LogP contribution in [0.5, 0.6) is 5.75 Å². The van der Waals surface area contributed by atoms with Gasteiger partial charge in [-0.1, -0.05) is 103 Å². The Morgan fingerprint density at radius 1 is 0.717 bits per heavy atom.